The van der Waals surface area contributed by atoms with Crippen LogP contribution in [0.25, 0.3) is 11.3 Å². The zero-order valence-electron chi connectivity index (χ0n) is 9.24. The molecule has 3 nitrogen and oxygen atoms in total. The first kappa shape index (κ1) is 11.4. The van der Waals surface area contributed by atoms with E-state index >= 15 is 0 Å². The van der Waals surface area contributed by atoms with Gasteiger partial charge in [0.05, 0.1) is 18.1 Å². The Bertz CT molecular complexity index is 529. The largest absolute Gasteiger partial charge is 0.369 e. The molecule has 0 aliphatic rings. The monoisotopic (exact) mass is 235 g/mol. The molecular formula is C12H11F2N3. The molecule has 1 aromatic heterocycles. The Hall–Kier alpha value is -2.04. The topological polar surface area (TPSA) is 37.8 Å². The van der Waals surface area contributed by atoms with Crippen molar-refractivity contribution >= 4 is 5.82 Å². The highest BCUT2D eigenvalue weighted by atomic mass is 19.1. The summed E-state index contributed by atoms with van der Waals surface area (Å²) >= 11 is 0. The summed E-state index contributed by atoms with van der Waals surface area (Å²) in [6.45, 7) is 2.60. The van der Waals surface area contributed by atoms with Crippen LogP contribution in [0.4, 0.5) is 14.6 Å². The Kier molecular flexibility index (Phi) is 3.27. The van der Waals surface area contributed by atoms with Crippen molar-refractivity contribution in [2.24, 2.45) is 0 Å². The summed E-state index contributed by atoms with van der Waals surface area (Å²) in [5.41, 5.74) is 0.415. The van der Waals surface area contributed by atoms with Crippen LogP contribution in [0.1, 0.15) is 6.92 Å². The van der Waals surface area contributed by atoms with Crippen LogP contribution in [0, 0.1) is 11.6 Å². The van der Waals surface area contributed by atoms with Gasteiger partial charge in [-0.3, -0.25) is 4.98 Å². The summed E-state index contributed by atoms with van der Waals surface area (Å²) in [5.74, 6) is -0.486. The van der Waals surface area contributed by atoms with Crippen LogP contribution >= 0.6 is 0 Å². The highest BCUT2D eigenvalue weighted by molar-refractivity contribution is 5.60. The van der Waals surface area contributed by atoms with E-state index in [0.717, 1.165) is 18.2 Å². The van der Waals surface area contributed by atoms with Gasteiger partial charge >= 0.3 is 0 Å². The van der Waals surface area contributed by atoms with Gasteiger partial charge in [0.1, 0.15) is 17.5 Å². The third-order valence-electron chi connectivity index (χ3n) is 2.20. The quantitative estimate of drug-likeness (QED) is 0.888. The zero-order valence-corrected chi connectivity index (χ0v) is 9.24. The highest BCUT2D eigenvalue weighted by Gasteiger charge is 2.08. The van der Waals surface area contributed by atoms with Crippen molar-refractivity contribution in [2.45, 2.75) is 6.92 Å². The van der Waals surface area contributed by atoms with Gasteiger partial charge in [0, 0.05) is 12.1 Å². The third-order valence-corrected chi connectivity index (χ3v) is 2.20. The molecule has 0 saturated heterocycles. The van der Waals surface area contributed by atoms with Crippen molar-refractivity contribution in [3.05, 3.63) is 42.2 Å². The van der Waals surface area contributed by atoms with Gasteiger partial charge in [0.15, 0.2) is 0 Å². The second kappa shape index (κ2) is 4.86. The second-order valence-electron chi connectivity index (χ2n) is 3.44. The van der Waals surface area contributed by atoms with Crippen molar-refractivity contribution in [1.29, 1.82) is 0 Å². The molecule has 0 radical (unpaired) electrons. The fraction of sp³-hybridized carbons (Fsp3) is 0.167. The van der Waals surface area contributed by atoms with Gasteiger partial charge in [-0.25, -0.2) is 13.8 Å². The maximum Gasteiger partial charge on any atom is 0.145 e. The molecule has 0 aliphatic carbocycles. The molecule has 0 saturated carbocycles. The van der Waals surface area contributed by atoms with E-state index in [2.05, 4.69) is 15.3 Å². The van der Waals surface area contributed by atoms with Gasteiger partial charge in [-0.05, 0) is 25.1 Å². The number of hydrogen-bond acceptors (Lipinski definition) is 3. The summed E-state index contributed by atoms with van der Waals surface area (Å²) in [6.07, 6.45) is 2.93. The minimum absolute atomic E-state index is 0.109. The standard InChI is InChI=1S/C12H11F2N3/c1-2-16-12-7-15-6-11(17-12)9-5-8(13)3-4-10(9)14/h3-7H,2H2,1H3,(H,16,17). The summed E-state index contributed by atoms with van der Waals surface area (Å²) in [5, 5.41) is 2.96. The van der Waals surface area contributed by atoms with Crippen molar-refractivity contribution in [2.75, 3.05) is 11.9 Å². The average molecular weight is 235 g/mol. The van der Waals surface area contributed by atoms with Crippen molar-refractivity contribution in [3.8, 4) is 11.3 Å². The number of aromatic nitrogens is 2. The number of halogens is 2. The van der Waals surface area contributed by atoms with E-state index in [9.17, 15) is 8.78 Å². The minimum atomic E-state index is -0.519. The normalized spacial score (nSPS) is 10.3. The Morgan fingerprint density at radius 3 is 2.82 bits per heavy atom. The van der Waals surface area contributed by atoms with E-state index in [0.29, 0.717) is 18.1 Å². The fourth-order valence-electron chi connectivity index (χ4n) is 1.46. The Labute approximate surface area is 97.5 Å². The number of benzene rings is 1. The van der Waals surface area contributed by atoms with Crippen molar-refractivity contribution < 1.29 is 8.78 Å². The molecule has 0 unspecified atom stereocenters. The van der Waals surface area contributed by atoms with Gasteiger partial charge in [0.2, 0.25) is 0 Å². The molecule has 17 heavy (non-hydrogen) atoms. The van der Waals surface area contributed by atoms with Gasteiger partial charge in [-0.2, -0.15) is 0 Å². The molecule has 1 N–H and O–H groups in total. The molecule has 0 fully saturated rings. The molecule has 2 aromatic rings. The fourth-order valence-corrected chi connectivity index (χ4v) is 1.46. The number of rotatable bonds is 3. The summed E-state index contributed by atoms with van der Waals surface area (Å²) in [4.78, 5) is 8.09. The molecule has 0 amide bonds. The molecular weight excluding hydrogens is 224 g/mol. The Morgan fingerprint density at radius 1 is 1.24 bits per heavy atom. The number of nitrogens with one attached hydrogen (secondary N) is 1. The lowest BCUT2D eigenvalue weighted by atomic mass is 10.1. The van der Waals surface area contributed by atoms with E-state index < -0.39 is 11.6 Å². The zero-order chi connectivity index (χ0) is 12.3. The first-order chi connectivity index (χ1) is 8.20. The van der Waals surface area contributed by atoms with Crippen molar-refractivity contribution in [3.63, 3.8) is 0 Å². The van der Waals surface area contributed by atoms with E-state index in [4.69, 9.17) is 0 Å². The molecule has 0 bridgehead atoms. The molecule has 5 heteroatoms. The predicted molar refractivity (Wildman–Crippen MR) is 61.5 cm³/mol. The third kappa shape index (κ3) is 2.55. The summed E-state index contributed by atoms with van der Waals surface area (Å²) in [7, 11) is 0. The molecule has 2 rings (SSSR count). The van der Waals surface area contributed by atoms with Gasteiger partial charge in [-0.1, -0.05) is 0 Å². The average Bonchev–Trinajstić information content (AvgIpc) is 2.33. The molecule has 1 aromatic carbocycles. The predicted octanol–water partition coefficient (Wildman–Crippen LogP) is 2.85. The number of anilines is 1. The van der Waals surface area contributed by atoms with Crippen LogP contribution in [0.15, 0.2) is 30.6 Å². The first-order valence-electron chi connectivity index (χ1n) is 5.22. The first-order valence-corrected chi connectivity index (χ1v) is 5.22. The maximum atomic E-state index is 13.5. The van der Waals surface area contributed by atoms with Gasteiger partial charge < -0.3 is 5.32 Å². The molecule has 0 aliphatic heterocycles. The van der Waals surface area contributed by atoms with E-state index in [1.165, 1.54) is 12.4 Å². The highest BCUT2D eigenvalue weighted by Crippen LogP contribution is 2.22. The van der Waals surface area contributed by atoms with E-state index in [1.807, 2.05) is 6.92 Å². The lowest BCUT2D eigenvalue weighted by molar-refractivity contribution is 0.602. The van der Waals surface area contributed by atoms with E-state index in [-0.39, 0.29) is 5.56 Å². The lowest BCUT2D eigenvalue weighted by Crippen LogP contribution is -2.01. The minimum Gasteiger partial charge on any atom is -0.369 e. The van der Waals surface area contributed by atoms with Crippen LogP contribution < -0.4 is 5.32 Å². The Morgan fingerprint density at radius 2 is 2.06 bits per heavy atom. The molecule has 1 heterocycles. The summed E-state index contributed by atoms with van der Waals surface area (Å²) in [6, 6.07) is 3.25. The second-order valence-corrected chi connectivity index (χ2v) is 3.44. The van der Waals surface area contributed by atoms with Crippen LogP contribution in [-0.2, 0) is 0 Å². The van der Waals surface area contributed by atoms with Crippen LogP contribution in [-0.4, -0.2) is 16.5 Å². The van der Waals surface area contributed by atoms with Crippen LogP contribution in [0.2, 0.25) is 0 Å². The number of nitrogens with zero attached hydrogens (tertiary/aromatic N) is 2. The SMILES string of the molecule is CCNc1cncc(-c2cc(F)ccc2F)n1. The van der Waals surface area contributed by atoms with E-state index in [1.54, 1.807) is 0 Å². The lowest BCUT2D eigenvalue weighted by Gasteiger charge is -2.05. The summed E-state index contributed by atoms with van der Waals surface area (Å²) < 4.78 is 26.6. The Balaban J connectivity index is 2.45. The van der Waals surface area contributed by atoms with Crippen molar-refractivity contribution in [1.82, 2.24) is 9.97 Å². The van der Waals surface area contributed by atoms with Gasteiger partial charge in [0.25, 0.3) is 0 Å². The van der Waals surface area contributed by atoms with Crippen LogP contribution in [0.3, 0.4) is 0 Å². The molecule has 0 atom stereocenters. The van der Waals surface area contributed by atoms with Gasteiger partial charge in [-0.15, -0.1) is 0 Å². The maximum absolute atomic E-state index is 13.5. The molecule has 0 spiro atoms. The smallest absolute Gasteiger partial charge is 0.145 e. The molecule has 88 valence electrons. The number of hydrogen-bond donors (Lipinski definition) is 1. The van der Waals surface area contributed by atoms with Crippen LogP contribution in [0.5, 0.6) is 0 Å².